The first-order valence-electron chi connectivity index (χ1n) is 16.0. The molecule has 10 nitrogen and oxygen atoms in total. The van der Waals surface area contributed by atoms with Crippen LogP contribution in [0.4, 0.5) is 0 Å². The maximum atomic E-state index is 13.7. The van der Waals surface area contributed by atoms with Crippen molar-refractivity contribution in [3.63, 3.8) is 0 Å². The Labute approximate surface area is 286 Å². The zero-order valence-electron chi connectivity index (χ0n) is 28.5. The second kappa shape index (κ2) is 13.4. The molecule has 2 amide bonds. The maximum absolute atomic E-state index is 13.7. The molecule has 4 atom stereocenters. The van der Waals surface area contributed by atoms with Gasteiger partial charge < -0.3 is 40.6 Å². The molecule has 258 valence electrons. The van der Waals surface area contributed by atoms with Gasteiger partial charge in [0.2, 0.25) is 11.8 Å². The number of hydrogen-bond donors (Lipinski definition) is 4. The van der Waals surface area contributed by atoms with Crippen LogP contribution in [0.2, 0.25) is 0 Å². The number of primary amides is 2. The summed E-state index contributed by atoms with van der Waals surface area (Å²) in [5.41, 5.74) is 8.00. The van der Waals surface area contributed by atoms with Crippen LogP contribution in [0.1, 0.15) is 36.1 Å². The van der Waals surface area contributed by atoms with Crippen molar-refractivity contribution in [3.05, 3.63) is 119 Å². The summed E-state index contributed by atoms with van der Waals surface area (Å²) >= 11 is 0. The van der Waals surface area contributed by atoms with Crippen LogP contribution < -0.4 is 30.4 Å². The lowest BCUT2D eigenvalue weighted by atomic mass is 9.70. The van der Waals surface area contributed by atoms with E-state index in [9.17, 15) is 19.8 Å². The zero-order valence-corrected chi connectivity index (χ0v) is 28.5. The number of rotatable bonds is 14. The molecule has 6 N–H and O–H groups in total. The minimum atomic E-state index is -1.98. The highest BCUT2D eigenvalue weighted by atomic mass is 16.5. The highest BCUT2D eigenvalue weighted by Crippen LogP contribution is 2.71. The van der Waals surface area contributed by atoms with Gasteiger partial charge >= 0.3 is 0 Å². The molecule has 4 aromatic carbocycles. The Hall–Kier alpha value is -5.06. The van der Waals surface area contributed by atoms with Crippen LogP contribution >= 0.6 is 0 Å². The summed E-state index contributed by atoms with van der Waals surface area (Å²) < 4.78 is 22.9. The molecule has 4 aromatic rings. The Morgan fingerprint density at radius 3 is 0.980 bits per heavy atom. The zero-order chi connectivity index (χ0) is 35.7. The van der Waals surface area contributed by atoms with E-state index < -0.39 is 52.1 Å². The lowest BCUT2D eigenvalue weighted by Crippen LogP contribution is -2.45. The number of benzene rings is 4. The largest absolute Gasteiger partial charge is 0.496 e. The highest BCUT2D eigenvalue weighted by molar-refractivity contribution is 6.08. The van der Waals surface area contributed by atoms with Crippen LogP contribution in [0.3, 0.4) is 0 Å². The molecular formula is C39H44N2O8. The van der Waals surface area contributed by atoms with Crippen molar-refractivity contribution >= 4 is 11.8 Å². The number of nitrogens with two attached hydrogens (primary N) is 2. The third-order valence-electron chi connectivity index (χ3n) is 10.6. The first kappa shape index (κ1) is 35.3. The van der Waals surface area contributed by atoms with Crippen molar-refractivity contribution in [2.24, 2.45) is 40.6 Å². The Balaban J connectivity index is 1.80. The van der Waals surface area contributed by atoms with E-state index in [1.54, 1.807) is 111 Å². The molecule has 0 spiro atoms. The van der Waals surface area contributed by atoms with E-state index in [4.69, 9.17) is 30.4 Å². The second-order valence-corrected chi connectivity index (χ2v) is 12.6. The van der Waals surface area contributed by atoms with Gasteiger partial charge in [0, 0.05) is 22.3 Å². The van der Waals surface area contributed by atoms with Gasteiger partial charge in [-0.15, -0.1) is 0 Å². The lowest BCUT2D eigenvalue weighted by Gasteiger charge is -2.39. The number of amides is 2. The molecule has 0 aliphatic heterocycles. The summed E-state index contributed by atoms with van der Waals surface area (Å²) in [6.45, 7) is 3.48. The van der Waals surface area contributed by atoms with Crippen LogP contribution in [0.15, 0.2) is 97.1 Å². The fourth-order valence-electron chi connectivity index (χ4n) is 8.26. The van der Waals surface area contributed by atoms with Crippen molar-refractivity contribution in [2.45, 2.75) is 25.0 Å². The molecule has 49 heavy (non-hydrogen) atoms. The van der Waals surface area contributed by atoms with Gasteiger partial charge in [-0.3, -0.25) is 9.59 Å². The SMILES string of the molecule is COc1ccccc1C(O)(c1ccccc1OC)[C@H](C)C1C([C@@H](C)C(O)(c2ccccc2OC)c2ccccc2OC)C1(C(N)=O)C(N)=O. The first-order chi connectivity index (χ1) is 23.4. The number of methoxy groups -OCH3 is 4. The van der Waals surface area contributed by atoms with E-state index in [0.717, 1.165) is 0 Å². The summed E-state index contributed by atoms with van der Waals surface area (Å²) in [4.78, 5) is 27.4. The molecule has 1 fully saturated rings. The molecule has 10 heteroatoms. The summed E-state index contributed by atoms with van der Waals surface area (Å²) in [6, 6.07) is 27.9. The Morgan fingerprint density at radius 1 is 0.551 bits per heavy atom. The minimum absolute atomic E-state index is 0.372. The highest BCUT2D eigenvalue weighted by Gasteiger charge is 2.79. The Bertz CT molecular complexity index is 1610. The summed E-state index contributed by atoms with van der Waals surface area (Å²) in [5.74, 6) is -4.27. The minimum Gasteiger partial charge on any atom is -0.496 e. The first-order valence-corrected chi connectivity index (χ1v) is 16.0. The van der Waals surface area contributed by atoms with Crippen LogP contribution in [-0.2, 0) is 20.8 Å². The van der Waals surface area contributed by atoms with E-state index in [-0.39, 0.29) is 0 Å². The van der Waals surface area contributed by atoms with Gasteiger partial charge in [0.15, 0.2) is 0 Å². The molecule has 1 aliphatic rings. The molecule has 1 aliphatic carbocycles. The standard InChI is InChI=1S/C39H44N2O8/c1-23(38(44,25-15-7-11-19-29(25)46-3)26-16-8-12-20-30(26)47-4)33-34(37(33,35(40)42)36(41)43)24(2)39(45,27-17-9-13-21-31(27)48-5)28-18-10-14-22-32(28)49-6/h7-24,33-34,44-45H,1-6H3,(H2,40,42)(H2,41,43)/t23-,24-,33?,34?/m1/s1. The normalized spacial score (nSPS) is 18.1. The smallest absolute Gasteiger partial charge is 0.233 e. The predicted octanol–water partition coefficient (Wildman–Crippen LogP) is 4.37. The second-order valence-electron chi connectivity index (χ2n) is 12.6. The number of hydrogen-bond acceptors (Lipinski definition) is 8. The van der Waals surface area contributed by atoms with Crippen molar-refractivity contribution < 1.29 is 38.7 Å². The fraction of sp³-hybridized carbons (Fsp3) is 0.333. The van der Waals surface area contributed by atoms with Crippen LogP contribution in [0.5, 0.6) is 23.0 Å². The number of aliphatic hydroxyl groups is 2. The van der Waals surface area contributed by atoms with E-state index in [1.165, 1.54) is 28.4 Å². The summed E-state index contributed by atoms with van der Waals surface area (Å²) in [6.07, 6.45) is 0. The van der Waals surface area contributed by atoms with Crippen molar-refractivity contribution in [2.75, 3.05) is 28.4 Å². The summed E-state index contributed by atoms with van der Waals surface area (Å²) in [5, 5.41) is 26.4. The fourth-order valence-corrected chi connectivity index (χ4v) is 8.26. The molecule has 0 saturated heterocycles. The maximum Gasteiger partial charge on any atom is 0.233 e. The van der Waals surface area contributed by atoms with Gasteiger partial charge in [0.1, 0.15) is 39.6 Å². The van der Waals surface area contributed by atoms with E-state index >= 15 is 0 Å². The average molecular weight is 669 g/mol. The molecule has 0 heterocycles. The van der Waals surface area contributed by atoms with Gasteiger partial charge in [-0.25, -0.2) is 0 Å². The van der Waals surface area contributed by atoms with Gasteiger partial charge in [0.05, 0.1) is 28.4 Å². The van der Waals surface area contributed by atoms with Crippen molar-refractivity contribution in [3.8, 4) is 23.0 Å². The van der Waals surface area contributed by atoms with Crippen molar-refractivity contribution in [1.82, 2.24) is 0 Å². The monoisotopic (exact) mass is 668 g/mol. The van der Waals surface area contributed by atoms with E-state index in [2.05, 4.69) is 0 Å². The van der Waals surface area contributed by atoms with Crippen molar-refractivity contribution in [1.29, 1.82) is 0 Å². The summed E-state index contributed by atoms with van der Waals surface area (Å²) in [7, 11) is 5.97. The van der Waals surface area contributed by atoms with Gasteiger partial charge in [-0.05, 0) is 47.9 Å². The van der Waals surface area contributed by atoms with Crippen LogP contribution in [0, 0.1) is 29.1 Å². The Kier molecular flexibility index (Phi) is 9.68. The molecule has 0 radical (unpaired) electrons. The van der Waals surface area contributed by atoms with Gasteiger partial charge in [0.25, 0.3) is 0 Å². The molecule has 5 rings (SSSR count). The van der Waals surface area contributed by atoms with E-state index in [1.807, 2.05) is 0 Å². The number of ether oxygens (including phenoxy) is 4. The Morgan fingerprint density at radius 2 is 0.776 bits per heavy atom. The topological polar surface area (TPSA) is 164 Å². The molecular weight excluding hydrogens is 624 g/mol. The predicted molar refractivity (Wildman–Crippen MR) is 184 cm³/mol. The molecule has 2 unspecified atom stereocenters. The van der Waals surface area contributed by atoms with E-state index in [0.29, 0.717) is 45.3 Å². The van der Waals surface area contributed by atoms with Gasteiger partial charge in [-0.1, -0.05) is 86.6 Å². The van der Waals surface area contributed by atoms with Crippen LogP contribution in [-0.4, -0.2) is 50.5 Å². The third-order valence-corrected chi connectivity index (χ3v) is 10.6. The molecule has 0 aromatic heterocycles. The average Bonchev–Trinajstić information content (AvgIpc) is 3.85. The van der Waals surface area contributed by atoms with Gasteiger partial charge in [-0.2, -0.15) is 0 Å². The number of carbonyl (C=O) groups is 2. The third kappa shape index (κ3) is 5.26. The molecule has 0 bridgehead atoms. The quantitative estimate of drug-likeness (QED) is 0.144. The number of carbonyl (C=O) groups excluding carboxylic acids is 2. The van der Waals surface area contributed by atoms with Crippen LogP contribution in [0.25, 0.3) is 0 Å². The molecule has 1 saturated carbocycles. The lowest BCUT2D eigenvalue weighted by molar-refractivity contribution is -0.136. The number of para-hydroxylation sites is 4.